The molecule has 2 atom stereocenters. The summed E-state index contributed by atoms with van der Waals surface area (Å²) >= 11 is 6.09. The Bertz CT molecular complexity index is 889. The molecule has 0 radical (unpaired) electrons. The van der Waals surface area contributed by atoms with Gasteiger partial charge in [-0.3, -0.25) is 0 Å². The van der Waals surface area contributed by atoms with Crippen molar-refractivity contribution in [2.24, 2.45) is 5.92 Å². The van der Waals surface area contributed by atoms with E-state index in [1.54, 1.807) is 0 Å². The van der Waals surface area contributed by atoms with E-state index >= 15 is 0 Å². The van der Waals surface area contributed by atoms with Crippen LogP contribution in [0.15, 0.2) is 54.1 Å². The Morgan fingerprint density at radius 1 is 1.04 bits per heavy atom. The zero-order chi connectivity index (χ0) is 19.4. The zero-order valence-electron chi connectivity index (χ0n) is 17.0. The second-order valence-electron chi connectivity index (χ2n) is 9.29. The second-order valence-corrected chi connectivity index (χ2v) is 9.73. The highest BCUT2D eigenvalue weighted by Gasteiger charge is 2.44. The molecule has 0 saturated carbocycles. The monoisotopic (exact) mass is 380 g/mol. The van der Waals surface area contributed by atoms with Crippen molar-refractivity contribution in [3.63, 3.8) is 0 Å². The van der Waals surface area contributed by atoms with E-state index in [2.05, 4.69) is 71.0 Å². The van der Waals surface area contributed by atoms with Gasteiger partial charge < -0.3 is 4.74 Å². The molecule has 0 amide bonds. The van der Waals surface area contributed by atoms with E-state index < -0.39 is 0 Å². The van der Waals surface area contributed by atoms with Gasteiger partial charge in [-0.15, -0.1) is 0 Å². The molecule has 0 fully saturated rings. The van der Waals surface area contributed by atoms with Crippen molar-refractivity contribution in [2.45, 2.75) is 64.4 Å². The largest absolute Gasteiger partial charge is 0.487 e. The molecule has 1 aliphatic heterocycles. The van der Waals surface area contributed by atoms with Crippen molar-refractivity contribution in [1.82, 2.24) is 0 Å². The number of hydrogen-bond donors (Lipinski definition) is 0. The molecule has 0 saturated heterocycles. The molecule has 2 aromatic rings. The van der Waals surface area contributed by atoms with E-state index in [1.807, 2.05) is 12.1 Å². The number of allylic oxidation sites excluding steroid dienone is 2. The average Bonchev–Trinajstić information content (AvgIpc) is 2.61. The van der Waals surface area contributed by atoms with Crippen molar-refractivity contribution in [3.05, 3.63) is 75.8 Å². The van der Waals surface area contributed by atoms with Crippen LogP contribution in [0.25, 0.3) is 0 Å². The van der Waals surface area contributed by atoms with Crippen molar-refractivity contribution < 1.29 is 4.74 Å². The van der Waals surface area contributed by atoms with E-state index in [0.717, 1.165) is 23.6 Å². The third-order valence-corrected chi connectivity index (χ3v) is 6.97. The molecule has 1 nitrogen and oxygen atoms in total. The van der Waals surface area contributed by atoms with Gasteiger partial charge in [0.25, 0.3) is 0 Å². The van der Waals surface area contributed by atoms with E-state index in [1.165, 1.54) is 22.3 Å². The molecular formula is C25H29ClO. The minimum atomic E-state index is -0.141. The highest BCUT2D eigenvalue weighted by molar-refractivity contribution is 6.30. The standard InChI is InChI=1S/C25H29ClO/c1-16-6-13-22-21(14-16)20-12-9-18(15-23(20)27-25(22,4)5)24(2,3)17-7-10-19(26)11-8-17/h6-12,15,21-22H,13-14H2,1-5H3. The fraction of sp³-hybridized carbons (Fsp3) is 0.440. The summed E-state index contributed by atoms with van der Waals surface area (Å²) in [4.78, 5) is 0. The maximum Gasteiger partial charge on any atom is 0.123 e. The first kappa shape index (κ1) is 18.6. The summed E-state index contributed by atoms with van der Waals surface area (Å²) in [6.07, 6.45) is 4.65. The van der Waals surface area contributed by atoms with Crippen LogP contribution in [0.4, 0.5) is 0 Å². The summed E-state index contributed by atoms with van der Waals surface area (Å²) in [5.41, 5.74) is 5.18. The normalized spacial score (nSPS) is 23.7. The lowest BCUT2D eigenvalue weighted by Crippen LogP contribution is -2.45. The van der Waals surface area contributed by atoms with Crippen LogP contribution < -0.4 is 4.74 Å². The summed E-state index contributed by atoms with van der Waals surface area (Å²) in [5, 5.41) is 0.775. The van der Waals surface area contributed by atoms with E-state index in [9.17, 15) is 0 Å². The van der Waals surface area contributed by atoms with Gasteiger partial charge in [-0.1, -0.05) is 61.4 Å². The summed E-state index contributed by atoms with van der Waals surface area (Å²) in [7, 11) is 0. The number of rotatable bonds is 2. The number of hydrogen-bond acceptors (Lipinski definition) is 1. The fourth-order valence-corrected chi connectivity index (χ4v) is 5.00. The molecule has 2 heteroatoms. The van der Waals surface area contributed by atoms with Gasteiger partial charge in [-0.05, 0) is 74.4 Å². The van der Waals surface area contributed by atoms with Gasteiger partial charge in [0.05, 0.1) is 0 Å². The van der Waals surface area contributed by atoms with Crippen LogP contribution in [0.3, 0.4) is 0 Å². The van der Waals surface area contributed by atoms with Crippen molar-refractivity contribution in [1.29, 1.82) is 0 Å². The topological polar surface area (TPSA) is 9.23 Å². The van der Waals surface area contributed by atoms with Crippen LogP contribution in [0.1, 0.15) is 70.1 Å². The van der Waals surface area contributed by atoms with E-state index in [-0.39, 0.29) is 11.0 Å². The van der Waals surface area contributed by atoms with E-state index in [4.69, 9.17) is 16.3 Å². The lowest BCUT2D eigenvalue weighted by Gasteiger charge is -2.47. The van der Waals surface area contributed by atoms with Gasteiger partial charge in [0.1, 0.15) is 11.4 Å². The predicted octanol–water partition coefficient (Wildman–Crippen LogP) is 7.28. The maximum absolute atomic E-state index is 6.56. The molecule has 0 spiro atoms. The summed E-state index contributed by atoms with van der Waals surface area (Å²) in [5.74, 6) is 2.17. The zero-order valence-corrected chi connectivity index (χ0v) is 17.7. The molecule has 2 unspecified atom stereocenters. The Balaban J connectivity index is 1.76. The maximum atomic E-state index is 6.56. The fourth-order valence-electron chi connectivity index (χ4n) is 4.87. The minimum absolute atomic E-state index is 0.105. The predicted molar refractivity (Wildman–Crippen MR) is 114 cm³/mol. The first-order valence-corrected chi connectivity index (χ1v) is 10.3. The van der Waals surface area contributed by atoms with Crippen molar-refractivity contribution >= 4 is 11.6 Å². The average molecular weight is 381 g/mol. The Labute approximate surface area is 168 Å². The summed E-state index contributed by atoms with van der Waals surface area (Å²) in [6.45, 7) is 11.3. The van der Waals surface area contributed by atoms with Gasteiger partial charge in [0, 0.05) is 16.4 Å². The molecule has 4 rings (SSSR count). The van der Waals surface area contributed by atoms with Gasteiger partial charge in [0.2, 0.25) is 0 Å². The minimum Gasteiger partial charge on any atom is -0.487 e. The summed E-state index contributed by atoms with van der Waals surface area (Å²) in [6, 6.07) is 15.1. The number of halogens is 1. The SMILES string of the molecule is CC1=CCC2C(C1)c1ccc(C(C)(C)c3ccc(Cl)cc3)cc1OC2(C)C. The highest BCUT2D eigenvalue weighted by atomic mass is 35.5. The molecule has 2 aromatic carbocycles. The Kier molecular flexibility index (Phi) is 4.42. The Morgan fingerprint density at radius 3 is 2.41 bits per heavy atom. The summed E-state index contributed by atoms with van der Waals surface area (Å²) < 4.78 is 6.56. The third-order valence-electron chi connectivity index (χ3n) is 6.71. The van der Waals surface area contributed by atoms with Gasteiger partial charge in [-0.25, -0.2) is 0 Å². The van der Waals surface area contributed by atoms with Gasteiger partial charge in [-0.2, -0.15) is 0 Å². The molecule has 1 aliphatic carbocycles. The molecule has 1 heterocycles. The van der Waals surface area contributed by atoms with Crippen LogP contribution in [0.2, 0.25) is 5.02 Å². The first-order valence-electron chi connectivity index (χ1n) is 9.93. The van der Waals surface area contributed by atoms with Crippen LogP contribution in [0, 0.1) is 5.92 Å². The second kappa shape index (κ2) is 6.41. The quantitative estimate of drug-likeness (QED) is 0.497. The number of fused-ring (bicyclic) bond motifs is 3. The van der Waals surface area contributed by atoms with Crippen LogP contribution in [-0.2, 0) is 5.41 Å². The van der Waals surface area contributed by atoms with Gasteiger partial charge >= 0.3 is 0 Å². The molecule has 27 heavy (non-hydrogen) atoms. The third kappa shape index (κ3) is 3.21. The molecule has 2 aliphatic rings. The molecular weight excluding hydrogens is 352 g/mol. The van der Waals surface area contributed by atoms with Crippen LogP contribution in [-0.4, -0.2) is 5.60 Å². The number of benzene rings is 2. The lowest BCUT2D eigenvalue weighted by molar-refractivity contribution is 0.00841. The van der Waals surface area contributed by atoms with Crippen molar-refractivity contribution in [2.75, 3.05) is 0 Å². The smallest absolute Gasteiger partial charge is 0.123 e. The Morgan fingerprint density at radius 2 is 1.70 bits per heavy atom. The molecule has 0 aromatic heterocycles. The lowest BCUT2D eigenvalue weighted by atomic mass is 9.67. The van der Waals surface area contributed by atoms with Crippen molar-refractivity contribution in [3.8, 4) is 5.75 Å². The molecule has 0 bridgehead atoms. The molecule has 0 N–H and O–H groups in total. The Hall–Kier alpha value is -1.73. The number of ether oxygens (including phenoxy) is 1. The first-order chi connectivity index (χ1) is 12.7. The highest BCUT2D eigenvalue weighted by Crippen LogP contribution is 2.52. The molecule has 142 valence electrons. The van der Waals surface area contributed by atoms with E-state index in [0.29, 0.717) is 11.8 Å². The van der Waals surface area contributed by atoms with Crippen LogP contribution >= 0.6 is 11.6 Å². The van der Waals surface area contributed by atoms with Gasteiger partial charge in [0.15, 0.2) is 0 Å². The van der Waals surface area contributed by atoms with Crippen LogP contribution in [0.5, 0.6) is 5.75 Å².